The monoisotopic (exact) mass is 619 g/mol. The fourth-order valence-electron chi connectivity index (χ4n) is 6.39. The molecule has 0 radical (unpaired) electrons. The van der Waals surface area contributed by atoms with E-state index in [0.29, 0.717) is 24.7 Å². The smallest absolute Gasteiger partial charge is 0.253 e. The van der Waals surface area contributed by atoms with Gasteiger partial charge in [0.1, 0.15) is 11.6 Å². The van der Waals surface area contributed by atoms with Crippen LogP contribution in [0.3, 0.4) is 0 Å². The summed E-state index contributed by atoms with van der Waals surface area (Å²) in [6, 6.07) is 32.9. The lowest BCUT2D eigenvalue weighted by molar-refractivity contribution is 0.0782. The van der Waals surface area contributed by atoms with Crippen molar-refractivity contribution in [3.63, 3.8) is 0 Å². The third-order valence-corrected chi connectivity index (χ3v) is 9.07. The number of benzene rings is 4. The molecule has 5 aromatic rings. The molecule has 1 atom stereocenters. The Morgan fingerprint density at radius 3 is 2.37 bits per heavy atom. The predicted octanol–water partition coefficient (Wildman–Crippen LogP) is 7.05. The first-order valence-corrected chi connectivity index (χ1v) is 16.1. The standard InChI is InChI=1S/C38H42FN5O2/c1-42(37(45)30-8-4-3-5-9-30)27-31(29-14-18-34(46-2)19-15-29)20-23-43-24-21-33(22-25-43)40-38-41-35-10-6-7-11-36(35)44(38)26-28-12-16-32(39)17-13-28/h3-19,31,33H,20-27H2,1-2H3,(H,40,41). The lowest BCUT2D eigenvalue weighted by atomic mass is 9.94. The van der Waals surface area contributed by atoms with Crippen LogP contribution in [0.2, 0.25) is 0 Å². The van der Waals surface area contributed by atoms with E-state index in [-0.39, 0.29) is 17.6 Å². The molecule has 0 aliphatic carbocycles. The number of nitrogens with one attached hydrogen (secondary N) is 1. The van der Waals surface area contributed by atoms with Gasteiger partial charge in [0, 0.05) is 44.2 Å². The fourth-order valence-corrected chi connectivity index (χ4v) is 6.39. The van der Waals surface area contributed by atoms with Gasteiger partial charge in [-0.3, -0.25) is 4.79 Å². The number of likely N-dealkylation sites (tertiary alicyclic amines) is 1. The minimum atomic E-state index is -0.229. The molecular formula is C38H42FN5O2. The molecular weight excluding hydrogens is 577 g/mol. The highest BCUT2D eigenvalue weighted by atomic mass is 19.1. The summed E-state index contributed by atoms with van der Waals surface area (Å²) in [5.74, 6) is 1.70. The Balaban J connectivity index is 1.08. The van der Waals surface area contributed by atoms with Gasteiger partial charge < -0.3 is 24.4 Å². The number of methoxy groups -OCH3 is 1. The Hall–Kier alpha value is -4.69. The van der Waals surface area contributed by atoms with Crippen LogP contribution in [0.25, 0.3) is 11.0 Å². The van der Waals surface area contributed by atoms with Gasteiger partial charge in [0.25, 0.3) is 5.91 Å². The molecule has 6 rings (SSSR count). The second-order valence-electron chi connectivity index (χ2n) is 12.2. The van der Waals surface area contributed by atoms with Crippen molar-refractivity contribution < 1.29 is 13.9 Å². The van der Waals surface area contributed by atoms with E-state index in [1.807, 2.05) is 84.7 Å². The highest BCUT2D eigenvalue weighted by Crippen LogP contribution is 2.27. The number of hydrogen-bond donors (Lipinski definition) is 1. The minimum Gasteiger partial charge on any atom is -0.497 e. The zero-order valence-electron chi connectivity index (χ0n) is 26.6. The number of carbonyl (C=O) groups is 1. The van der Waals surface area contributed by atoms with Crippen LogP contribution in [-0.2, 0) is 6.54 Å². The van der Waals surface area contributed by atoms with Gasteiger partial charge in [0.05, 0.1) is 24.7 Å². The van der Waals surface area contributed by atoms with E-state index in [1.165, 1.54) is 17.7 Å². The minimum absolute atomic E-state index is 0.0384. The number of rotatable bonds is 12. The summed E-state index contributed by atoms with van der Waals surface area (Å²) in [4.78, 5) is 22.5. The van der Waals surface area contributed by atoms with Crippen LogP contribution < -0.4 is 10.1 Å². The highest BCUT2D eigenvalue weighted by Gasteiger charge is 2.24. The van der Waals surface area contributed by atoms with E-state index in [4.69, 9.17) is 9.72 Å². The second kappa shape index (κ2) is 14.6. The molecule has 4 aromatic carbocycles. The summed E-state index contributed by atoms with van der Waals surface area (Å²) in [6.07, 6.45) is 2.98. The van der Waals surface area contributed by atoms with E-state index >= 15 is 0 Å². The summed E-state index contributed by atoms with van der Waals surface area (Å²) >= 11 is 0. The van der Waals surface area contributed by atoms with Crippen molar-refractivity contribution in [2.24, 2.45) is 0 Å². The quantitative estimate of drug-likeness (QED) is 0.162. The number of aromatic nitrogens is 2. The van der Waals surface area contributed by atoms with Crippen molar-refractivity contribution in [2.75, 3.05) is 45.7 Å². The van der Waals surface area contributed by atoms with Crippen LogP contribution in [0.15, 0.2) is 103 Å². The Morgan fingerprint density at radius 2 is 1.65 bits per heavy atom. The SMILES string of the molecule is COc1ccc(C(CCN2CCC(Nc3nc4ccccc4n3Cc3ccc(F)cc3)CC2)CN(C)C(=O)c2ccccc2)cc1. The molecule has 0 spiro atoms. The topological polar surface area (TPSA) is 62.6 Å². The molecule has 8 heteroatoms. The summed E-state index contributed by atoms with van der Waals surface area (Å²) in [6.45, 7) is 4.20. The zero-order chi connectivity index (χ0) is 31.9. The van der Waals surface area contributed by atoms with Crippen LogP contribution in [0.1, 0.15) is 46.7 Å². The zero-order valence-corrected chi connectivity index (χ0v) is 26.6. The van der Waals surface area contributed by atoms with Gasteiger partial charge >= 0.3 is 0 Å². The number of ether oxygens (including phenoxy) is 1. The number of para-hydroxylation sites is 2. The Bertz CT molecular complexity index is 1710. The summed E-state index contributed by atoms with van der Waals surface area (Å²) in [7, 11) is 3.57. The van der Waals surface area contributed by atoms with Crippen LogP contribution in [0.4, 0.5) is 10.3 Å². The number of anilines is 1. The number of imidazole rings is 1. The van der Waals surface area contributed by atoms with E-state index in [2.05, 4.69) is 33.0 Å². The van der Waals surface area contributed by atoms with E-state index in [0.717, 1.165) is 67.2 Å². The van der Waals surface area contributed by atoms with Gasteiger partial charge in [-0.1, -0.05) is 54.6 Å². The fraction of sp³-hybridized carbons (Fsp3) is 0.316. The Labute approximate surface area is 270 Å². The number of likely N-dealkylation sites (N-methyl/N-ethyl adjacent to an activating group) is 1. The van der Waals surface area contributed by atoms with Crippen LogP contribution in [-0.4, -0.2) is 71.6 Å². The third kappa shape index (κ3) is 7.57. The molecule has 1 aliphatic heterocycles. The number of fused-ring (bicyclic) bond motifs is 1. The second-order valence-corrected chi connectivity index (χ2v) is 12.2. The van der Waals surface area contributed by atoms with Gasteiger partial charge in [0.15, 0.2) is 0 Å². The normalized spacial score (nSPS) is 14.7. The maximum Gasteiger partial charge on any atom is 0.253 e. The maximum absolute atomic E-state index is 13.5. The molecule has 1 N–H and O–H groups in total. The first kappa shape index (κ1) is 31.3. The first-order valence-electron chi connectivity index (χ1n) is 16.1. The van der Waals surface area contributed by atoms with E-state index in [1.54, 1.807) is 7.11 Å². The summed E-state index contributed by atoms with van der Waals surface area (Å²) in [5.41, 5.74) is 4.96. The van der Waals surface area contributed by atoms with Crippen LogP contribution in [0.5, 0.6) is 5.75 Å². The number of halogens is 1. The molecule has 1 amide bonds. The molecule has 2 heterocycles. The Kier molecular flexibility index (Phi) is 9.94. The molecule has 1 unspecified atom stereocenters. The molecule has 1 saturated heterocycles. The molecule has 238 valence electrons. The summed E-state index contributed by atoms with van der Waals surface area (Å²) < 4.78 is 21.1. The molecule has 7 nitrogen and oxygen atoms in total. The van der Waals surface area contributed by atoms with E-state index < -0.39 is 0 Å². The Morgan fingerprint density at radius 1 is 0.957 bits per heavy atom. The van der Waals surface area contributed by atoms with Gasteiger partial charge in [0.2, 0.25) is 5.95 Å². The molecule has 46 heavy (non-hydrogen) atoms. The number of piperidine rings is 1. The molecule has 0 saturated carbocycles. The van der Waals surface area contributed by atoms with Crippen LogP contribution >= 0.6 is 0 Å². The number of nitrogens with zero attached hydrogens (tertiary/aromatic N) is 4. The molecule has 1 fully saturated rings. The van der Waals surface area contributed by atoms with Crippen molar-refractivity contribution in [3.8, 4) is 5.75 Å². The van der Waals surface area contributed by atoms with Crippen molar-refractivity contribution in [1.29, 1.82) is 0 Å². The molecule has 1 aromatic heterocycles. The summed E-state index contributed by atoms with van der Waals surface area (Å²) in [5, 5.41) is 3.74. The van der Waals surface area contributed by atoms with Gasteiger partial charge in [-0.05, 0) is 85.5 Å². The van der Waals surface area contributed by atoms with Gasteiger partial charge in [-0.15, -0.1) is 0 Å². The van der Waals surface area contributed by atoms with Crippen molar-refractivity contribution in [1.82, 2.24) is 19.4 Å². The van der Waals surface area contributed by atoms with Gasteiger partial charge in [-0.2, -0.15) is 0 Å². The van der Waals surface area contributed by atoms with Crippen molar-refractivity contribution in [2.45, 2.75) is 37.8 Å². The van der Waals surface area contributed by atoms with Crippen LogP contribution in [0, 0.1) is 5.82 Å². The van der Waals surface area contributed by atoms with Crippen molar-refractivity contribution >= 4 is 22.9 Å². The lowest BCUT2D eigenvalue weighted by Crippen LogP contribution is -2.40. The molecule has 0 bridgehead atoms. The number of amides is 1. The van der Waals surface area contributed by atoms with Gasteiger partial charge in [-0.25, -0.2) is 9.37 Å². The average Bonchev–Trinajstić information content (AvgIpc) is 3.44. The average molecular weight is 620 g/mol. The number of hydrogen-bond acceptors (Lipinski definition) is 5. The first-order chi connectivity index (χ1) is 22.5. The lowest BCUT2D eigenvalue weighted by Gasteiger charge is -2.34. The maximum atomic E-state index is 13.5. The van der Waals surface area contributed by atoms with E-state index in [9.17, 15) is 9.18 Å². The van der Waals surface area contributed by atoms with Crippen molar-refractivity contribution in [3.05, 3.63) is 126 Å². The third-order valence-electron chi connectivity index (χ3n) is 9.07. The largest absolute Gasteiger partial charge is 0.497 e. The molecule has 1 aliphatic rings. The highest BCUT2D eigenvalue weighted by molar-refractivity contribution is 5.94. The number of carbonyl (C=O) groups excluding carboxylic acids is 1. The predicted molar refractivity (Wildman–Crippen MR) is 182 cm³/mol.